The third-order valence-corrected chi connectivity index (χ3v) is 3.61. The van der Waals surface area contributed by atoms with Crippen LogP contribution in [0.15, 0.2) is 29.4 Å². The maximum absolute atomic E-state index is 11.6. The highest BCUT2D eigenvalue weighted by Crippen LogP contribution is 2.09. The molecule has 4 nitrogen and oxygen atoms in total. The van der Waals surface area contributed by atoms with Crippen LogP contribution in [0.2, 0.25) is 0 Å². The zero-order valence-corrected chi connectivity index (χ0v) is 8.45. The van der Waals surface area contributed by atoms with Gasteiger partial charge in [-0.05, 0) is 12.1 Å². The Bertz CT molecular complexity index is 361. The van der Waals surface area contributed by atoms with Gasteiger partial charge in [0.15, 0.2) is 5.03 Å². The highest BCUT2D eigenvalue weighted by molar-refractivity contribution is 7.89. The molecule has 0 saturated heterocycles. The minimum atomic E-state index is -3.37. The molecule has 0 saturated carbocycles. The monoisotopic (exact) mass is 200 g/mol. The second kappa shape index (κ2) is 3.85. The molecule has 13 heavy (non-hydrogen) atoms. The number of rotatable bonds is 3. The third kappa shape index (κ3) is 2.05. The lowest BCUT2D eigenvalue weighted by atomic mass is 10.5. The fourth-order valence-corrected chi connectivity index (χ4v) is 1.93. The predicted octanol–water partition coefficient (Wildman–Crippen LogP) is 0.722. The fraction of sp³-hybridized carbons (Fsp3) is 0.375. The molecule has 0 N–H and O–H groups in total. The lowest BCUT2D eigenvalue weighted by Gasteiger charge is -2.13. The number of nitrogens with zero attached hydrogens (tertiary/aromatic N) is 2. The second-order valence-electron chi connectivity index (χ2n) is 2.59. The number of hydrogen-bond acceptors (Lipinski definition) is 3. The van der Waals surface area contributed by atoms with Crippen molar-refractivity contribution in [2.45, 2.75) is 11.9 Å². The molecule has 5 heteroatoms. The lowest BCUT2D eigenvalue weighted by molar-refractivity contribution is 0.483. The predicted molar refractivity (Wildman–Crippen MR) is 49.7 cm³/mol. The van der Waals surface area contributed by atoms with Gasteiger partial charge in [-0.3, -0.25) is 0 Å². The topological polar surface area (TPSA) is 50.3 Å². The largest absolute Gasteiger partial charge is 0.260 e. The minimum Gasteiger partial charge on any atom is -0.243 e. The van der Waals surface area contributed by atoms with E-state index in [0.29, 0.717) is 6.54 Å². The molecule has 0 bridgehead atoms. The Labute approximate surface area is 78.3 Å². The summed E-state index contributed by atoms with van der Waals surface area (Å²) < 4.78 is 24.5. The Morgan fingerprint density at radius 2 is 2.15 bits per heavy atom. The van der Waals surface area contributed by atoms with Crippen molar-refractivity contribution >= 4 is 10.0 Å². The maximum atomic E-state index is 11.6. The molecule has 0 unspecified atom stereocenters. The Hall–Kier alpha value is -0.940. The highest BCUT2D eigenvalue weighted by Gasteiger charge is 2.19. The van der Waals surface area contributed by atoms with Crippen LogP contribution in [0.5, 0.6) is 0 Å². The van der Waals surface area contributed by atoms with Crippen LogP contribution in [-0.2, 0) is 10.0 Å². The second-order valence-corrected chi connectivity index (χ2v) is 4.58. The smallest absolute Gasteiger partial charge is 0.243 e. The van der Waals surface area contributed by atoms with Crippen LogP contribution < -0.4 is 0 Å². The molecule has 1 rings (SSSR count). The van der Waals surface area contributed by atoms with Gasteiger partial charge in [0.1, 0.15) is 0 Å². The van der Waals surface area contributed by atoms with Crippen LogP contribution in [0.3, 0.4) is 0 Å². The highest BCUT2D eigenvalue weighted by atomic mass is 32.2. The molecule has 0 aliphatic carbocycles. The minimum absolute atomic E-state index is 0.0966. The zero-order chi connectivity index (χ0) is 9.90. The van der Waals surface area contributed by atoms with Crippen LogP contribution in [0, 0.1) is 0 Å². The Morgan fingerprint density at radius 3 is 2.62 bits per heavy atom. The van der Waals surface area contributed by atoms with Gasteiger partial charge in [-0.15, -0.1) is 0 Å². The summed E-state index contributed by atoms with van der Waals surface area (Å²) in [7, 11) is -1.84. The first-order valence-electron chi connectivity index (χ1n) is 3.96. The molecule has 0 spiro atoms. The van der Waals surface area contributed by atoms with Crippen LogP contribution in [0.1, 0.15) is 6.92 Å². The number of aromatic nitrogens is 1. The first kappa shape index (κ1) is 10.1. The molecule has 0 amide bonds. The average molecular weight is 200 g/mol. The van der Waals surface area contributed by atoms with E-state index >= 15 is 0 Å². The van der Waals surface area contributed by atoms with E-state index in [1.807, 2.05) is 0 Å². The summed E-state index contributed by atoms with van der Waals surface area (Å²) in [6.45, 7) is 2.22. The van der Waals surface area contributed by atoms with E-state index in [1.54, 1.807) is 19.1 Å². The van der Waals surface area contributed by atoms with Crippen molar-refractivity contribution in [3.8, 4) is 0 Å². The number of hydrogen-bond donors (Lipinski definition) is 0. The van der Waals surface area contributed by atoms with Crippen LogP contribution in [-0.4, -0.2) is 31.3 Å². The van der Waals surface area contributed by atoms with E-state index in [-0.39, 0.29) is 5.03 Å². The van der Waals surface area contributed by atoms with E-state index in [9.17, 15) is 8.42 Å². The summed E-state index contributed by atoms with van der Waals surface area (Å²) in [5.74, 6) is 0. The van der Waals surface area contributed by atoms with Gasteiger partial charge in [0, 0.05) is 19.8 Å². The molecule has 1 aromatic rings. The molecule has 1 heterocycles. The van der Waals surface area contributed by atoms with Crippen LogP contribution in [0.4, 0.5) is 0 Å². The molecule has 0 radical (unpaired) electrons. The summed E-state index contributed by atoms with van der Waals surface area (Å²) in [4.78, 5) is 3.79. The average Bonchev–Trinajstić information content (AvgIpc) is 2.18. The van der Waals surface area contributed by atoms with E-state index in [0.717, 1.165) is 0 Å². The zero-order valence-electron chi connectivity index (χ0n) is 7.64. The van der Waals surface area contributed by atoms with E-state index in [2.05, 4.69) is 4.98 Å². The normalized spacial score (nSPS) is 11.9. The summed E-state index contributed by atoms with van der Waals surface area (Å²) in [5, 5.41) is 0.0966. The van der Waals surface area contributed by atoms with Crippen LogP contribution in [0.25, 0.3) is 0 Å². The van der Waals surface area contributed by atoms with Crippen molar-refractivity contribution in [3.05, 3.63) is 24.4 Å². The molecular weight excluding hydrogens is 188 g/mol. The first-order valence-corrected chi connectivity index (χ1v) is 5.40. The van der Waals surface area contributed by atoms with E-state index < -0.39 is 10.0 Å². The van der Waals surface area contributed by atoms with Gasteiger partial charge in [0.25, 0.3) is 10.0 Å². The lowest BCUT2D eigenvalue weighted by Crippen LogP contribution is -2.27. The van der Waals surface area contributed by atoms with Gasteiger partial charge in [-0.25, -0.2) is 13.4 Å². The van der Waals surface area contributed by atoms with Crippen LogP contribution >= 0.6 is 0 Å². The van der Waals surface area contributed by atoms with Crippen molar-refractivity contribution in [1.29, 1.82) is 0 Å². The molecule has 0 aromatic carbocycles. The molecular formula is C8H12N2O2S. The summed E-state index contributed by atoms with van der Waals surface area (Å²) in [6, 6.07) is 4.83. The van der Waals surface area contributed by atoms with Gasteiger partial charge < -0.3 is 0 Å². The van der Waals surface area contributed by atoms with Gasteiger partial charge in [0.05, 0.1) is 0 Å². The van der Waals surface area contributed by atoms with Crippen molar-refractivity contribution in [2.75, 3.05) is 13.6 Å². The molecule has 0 fully saturated rings. The maximum Gasteiger partial charge on any atom is 0.260 e. The molecule has 72 valence electrons. The standard InChI is InChI=1S/C8H12N2O2S/c1-3-10(2)13(11,12)8-6-4-5-7-9-8/h4-7H,3H2,1-2H3. The third-order valence-electron chi connectivity index (χ3n) is 1.76. The van der Waals surface area contributed by atoms with Gasteiger partial charge in [-0.2, -0.15) is 4.31 Å². The molecule has 0 aliphatic heterocycles. The van der Waals surface area contributed by atoms with Gasteiger partial charge in [-0.1, -0.05) is 13.0 Å². The van der Waals surface area contributed by atoms with E-state index in [4.69, 9.17) is 0 Å². The van der Waals surface area contributed by atoms with E-state index in [1.165, 1.54) is 23.6 Å². The van der Waals surface area contributed by atoms with Gasteiger partial charge in [0.2, 0.25) is 0 Å². The van der Waals surface area contributed by atoms with Gasteiger partial charge >= 0.3 is 0 Å². The summed E-state index contributed by atoms with van der Waals surface area (Å²) >= 11 is 0. The Morgan fingerprint density at radius 1 is 1.46 bits per heavy atom. The summed E-state index contributed by atoms with van der Waals surface area (Å²) in [5.41, 5.74) is 0. The Balaban J connectivity index is 3.09. The summed E-state index contributed by atoms with van der Waals surface area (Å²) in [6.07, 6.45) is 1.47. The van der Waals surface area contributed by atoms with Crippen molar-refractivity contribution in [3.63, 3.8) is 0 Å². The molecule has 0 aliphatic rings. The van der Waals surface area contributed by atoms with Crippen molar-refractivity contribution in [2.24, 2.45) is 0 Å². The molecule has 0 atom stereocenters. The number of sulfonamides is 1. The van der Waals surface area contributed by atoms with Crippen molar-refractivity contribution in [1.82, 2.24) is 9.29 Å². The first-order chi connectivity index (χ1) is 6.09. The number of pyridine rings is 1. The quantitative estimate of drug-likeness (QED) is 0.722. The fourth-order valence-electron chi connectivity index (χ4n) is 0.829. The van der Waals surface area contributed by atoms with Crippen molar-refractivity contribution < 1.29 is 8.42 Å². The Kier molecular flexibility index (Phi) is 3.00. The molecule has 1 aromatic heterocycles. The SMILES string of the molecule is CCN(C)S(=O)(=O)c1ccccn1.